The number of nitrogens with two attached hydrogens (primary N) is 1. The summed E-state index contributed by atoms with van der Waals surface area (Å²) < 4.78 is 4.30. The third-order valence-electron chi connectivity index (χ3n) is 4.23. The van der Waals surface area contributed by atoms with E-state index in [0.29, 0.717) is 5.96 Å². The topological polar surface area (TPSA) is 71.8 Å². The van der Waals surface area contributed by atoms with E-state index in [4.69, 9.17) is 5.73 Å². The Morgan fingerprint density at radius 2 is 2.04 bits per heavy atom. The van der Waals surface area contributed by atoms with Crippen LogP contribution in [-0.2, 0) is 7.05 Å². The van der Waals surface area contributed by atoms with Crippen LogP contribution in [0.1, 0.15) is 25.3 Å². The molecule has 0 spiro atoms. The summed E-state index contributed by atoms with van der Waals surface area (Å²) in [5.41, 5.74) is 13.0. The molecule has 3 aromatic rings. The Balaban J connectivity index is 1.69. The second-order valence-corrected chi connectivity index (χ2v) is 6.15. The van der Waals surface area contributed by atoms with E-state index in [9.17, 15) is 0 Å². The van der Waals surface area contributed by atoms with Crippen LogP contribution in [0.5, 0.6) is 0 Å². The standard InChI is InChI=1S/C20H25N6/c1-3-4-12-22-20(21)24-23-14-16-8-10-17(11-9-16)18-15-26-13-6-5-7-19(26)25(18)2/h5-11,13-15H,3-4,12H2,1-2H3,(H3,21,22,24)/q+1/b23-14-. The van der Waals surface area contributed by atoms with E-state index in [1.165, 1.54) is 0 Å². The third-order valence-corrected chi connectivity index (χ3v) is 4.23. The molecule has 3 rings (SSSR count). The number of imidazole rings is 1. The molecule has 3 N–H and O–H groups in total. The Labute approximate surface area is 153 Å². The predicted molar refractivity (Wildman–Crippen MR) is 106 cm³/mol. The van der Waals surface area contributed by atoms with Crippen LogP contribution in [0.15, 0.2) is 65.0 Å². The summed E-state index contributed by atoms with van der Waals surface area (Å²) in [6.45, 7) is 2.85. The summed E-state index contributed by atoms with van der Waals surface area (Å²) in [6.07, 6.45) is 8.05. The Morgan fingerprint density at radius 1 is 1.23 bits per heavy atom. The molecule has 0 bridgehead atoms. The summed E-state index contributed by atoms with van der Waals surface area (Å²) >= 11 is 0. The average Bonchev–Trinajstić information content (AvgIpc) is 3.00. The van der Waals surface area contributed by atoms with Crippen molar-refractivity contribution < 1.29 is 4.40 Å². The van der Waals surface area contributed by atoms with Gasteiger partial charge >= 0.3 is 0 Å². The molecule has 0 radical (unpaired) electrons. The molecule has 0 atom stereocenters. The monoisotopic (exact) mass is 349 g/mol. The minimum absolute atomic E-state index is 0.346. The lowest BCUT2D eigenvalue weighted by Gasteiger charge is -2.00. The van der Waals surface area contributed by atoms with Gasteiger partial charge in [-0.3, -0.25) is 4.99 Å². The smallest absolute Gasteiger partial charge is 0.286 e. The molecule has 0 aliphatic rings. The number of aliphatic imine (C=N–C) groups is 1. The second kappa shape index (κ2) is 8.29. The molecule has 0 unspecified atom stereocenters. The van der Waals surface area contributed by atoms with Crippen LogP contribution >= 0.6 is 0 Å². The van der Waals surface area contributed by atoms with Gasteiger partial charge in [-0.05, 0) is 30.2 Å². The number of hydrazone groups is 1. The van der Waals surface area contributed by atoms with Crippen LogP contribution in [0, 0.1) is 0 Å². The molecule has 134 valence electrons. The number of aryl methyl sites for hydroxylation is 1. The molecular weight excluding hydrogens is 324 g/mol. The Kier molecular flexibility index (Phi) is 5.63. The number of benzene rings is 1. The van der Waals surface area contributed by atoms with Gasteiger partial charge in [0.05, 0.1) is 19.5 Å². The highest BCUT2D eigenvalue weighted by Crippen LogP contribution is 2.19. The zero-order valence-electron chi connectivity index (χ0n) is 15.3. The van der Waals surface area contributed by atoms with Gasteiger partial charge in [0.2, 0.25) is 5.96 Å². The van der Waals surface area contributed by atoms with Gasteiger partial charge in [-0.1, -0.05) is 31.5 Å². The predicted octanol–water partition coefficient (Wildman–Crippen LogP) is 2.47. The van der Waals surface area contributed by atoms with Crippen molar-refractivity contribution in [2.24, 2.45) is 22.9 Å². The van der Waals surface area contributed by atoms with Crippen molar-refractivity contribution >= 4 is 17.8 Å². The van der Waals surface area contributed by atoms with E-state index in [2.05, 4.69) is 69.1 Å². The van der Waals surface area contributed by atoms with Gasteiger partial charge in [0.25, 0.3) is 5.65 Å². The minimum atomic E-state index is 0.346. The zero-order valence-corrected chi connectivity index (χ0v) is 15.3. The van der Waals surface area contributed by atoms with E-state index in [0.717, 1.165) is 41.9 Å². The third kappa shape index (κ3) is 4.08. The highest BCUT2D eigenvalue weighted by atomic mass is 15.3. The SMILES string of the molecule is CCCCN=C(N)N/N=C\c1ccc(-c2c[n+]3ccccc3n2C)cc1. The molecule has 0 fully saturated rings. The van der Waals surface area contributed by atoms with Crippen molar-refractivity contribution in [2.75, 3.05) is 6.54 Å². The first-order valence-electron chi connectivity index (χ1n) is 8.84. The quantitative estimate of drug-likeness (QED) is 0.236. The molecule has 0 saturated heterocycles. The molecule has 0 aliphatic heterocycles. The fourth-order valence-electron chi connectivity index (χ4n) is 2.76. The number of fused-ring (bicyclic) bond motifs is 1. The van der Waals surface area contributed by atoms with Crippen molar-refractivity contribution in [3.05, 3.63) is 60.4 Å². The molecule has 6 nitrogen and oxygen atoms in total. The Bertz CT molecular complexity index is 921. The summed E-state index contributed by atoms with van der Waals surface area (Å²) in [7, 11) is 2.07. The number of hydrogen-bond donors (Lipinski definition) is 2. The van der Waals surface area contributed by atoms with E-state index < -0.39 is 0 Å². The largest absolute Gasteiger partial charge is 0.369 e. The highest BCUT2D eigenvalue weighted by Gasteiger charge is 2.14. The molecule has 0 amide bonds. The maximum Gasteiger partial charge on any atom is 0.286 e. The van der Waals surface area contributed by atoms with E-state index in [-0.39, 0.29) is 0 Å². The summed E-state index contributed by atoms with van der Waals surface area (Å²) in [4.78, 5) is 4.19. The van der Waals surface area contributed by atoms with Crippen molar-refractivity contribution in [3.63, 3.8) is 0 Å². The van der Waals surface area contributed by atoms with Crippen molar-refractivity contribution in [3.8, 4) is 11.3 Å². The van der Waals surface area contributed by atoms with Gasteiger partial charge in [0, 0.05) is 18.2 Å². The highest BCUT2D eigenvalue weighted by molar-refractivity contribution is 5.83. The second-order valence-electron chi connectivity index (χ2n) is 6.15. The van der Waals surface area contributed by atoms with Crippen LogP contribution in [0.3, 0.4) is 0 Å². The van der Waals surface area contributed by atoms with Crippen molar-refractivity contribution in [2.45, 2.75) is 19.8 Å². The fraction of sp³-hybridized carbons (Fsp3) is 0.250. The molecule has 0 saturated carbocycles. The summed E-state index contributed by atoms with van der Waals surface area (Å²) in [6, 6.07) is 14.4. The van der Waals surface area contributed by atoms with Gasteiger partial charge in [-0.15, -0.1) is 0 Å². The van der Waals surface area contributed by atoms with Crippen LogP contribution in [0.25, 0.3) is 16.9 Å². The van der Waals surface area contributed by atoms with Crippen LogP contribution in [0.4, 0.5) is 0 Å². The number of rotatable bonds is 6. The number of nitrogens with zero attached hydrogens (tertiary/aromatic N) is 4. The number of hydrogen-bond acceptors (Lipinski definition) is 2. The first kappa shape index (κ1) is 17.7. The Morgan fingerprint density at radius 3 is 2.77 bits per heavy atom. The minimum Gasteiger partial charge on any atom is -0.369 e. The molecule has 2 aromatic heterocycles. The van der Waals surface area contributed by atoms with E-state index >= 15 is 0 Å². The van der Waals surface area contributed by atoms with Gasteiger partial charge in [0.15, 0.2) is 5.69 Å². The van der Waals surface area contributed by atoms with Gasteiger partial charge in [-0.2, -0.15) is 5.10 Å². The Hall–Kier alpha value is -3.15. The van der Waals surface area contributed by atoms with Gasteiger partial charge in [-0.25, -0.2) is 14.4 Å². The van der Waals surface area contributed by atoms with Crippen LogP contribution in [-0.4, -0.2) is 23.3 Å². The lowest BCUT2D eigenvalue weighted by Crippen LogP contribution is -2.27. The maximum atomic E-state index is 5.75. The first-order valence-corrected chi connectivity index (χ1v) is 8.84. The molecule has 6 heteroatoms. The van der Waals surface area contributed by atoms with Crippen LogP contribution < -0.4 is 15.6 Å². The number of aromatic nitrogens is 2. The zero-order chi connectivity index (χ0) is 18.4. The molecule has 0 aliphatic carbocycles. The number of unbranched alkanes of at least 4 members (excludes halogenated alkanes) is 1. The lowest BCUT2D eigenvalue weighted by atomic mass is 10.1. The molecule has 26 heavy (non-hydrogen) atoms. The first-order chi connectivity index (χ1) is 12.7. The molecule has 2 heterocycles. The van der Waals surface area contributed by atoms with Gasteiger partial charge < -0.3 is 5.73 Å². The summed E-state index contributed by atoms with van der Waals surface area (Å²) in [5.74, 6) is 0.346. The van der Waals surface area contributed by atoms with Gasteiger partial charge in [0.1, 0.15) is 6.20 Å². The van der Waals surface area contributed by atoms with E-state index in [1.807, 2.05) is 24.3 Å². The van der Waals surface area contributed by atoms with Crippen LogP contribution in [0.2, 0.25) is 0 Å². The molecule has 1 aromatic carbocycles. The number of guanidine groups is 1. The van der Waals surface area contributed by atoms with Crippen molar-refractivity contribution in [1.29, 1.82) is 0 Å². The number of nitrogens with one attached hydrogen (secondary N) is 1. The molecular formula is C20H25N6+. The summed E-state index contributed by atoms with van der Waals surface area (Å²) in [5, 5.41) is 4.13. The normalized spacial score (nSPS) is 12.2. The number of pyridine rings is 1. The maximum absolute atomic E-state index is 5.75. The van der Waals surface area contributed by atoms with E-state index in [1.54, 1.807) is 6.21 Å². The fourth-order valence-corrected chi connectivity index (χ4v) is 2.76. The lowest BCUT2D eigenvalue weighted by molar-refractivity contribution is -0.510. The average molecular weight is 349 g/mol. The van der Waals surface area contributed by atoms with Crippen molar-refractivity contribution in [1.82, 2.24) is 9.99 Å².